The van der Waals surface area contributed by atoms with Gasteiger partial charge in [-0.25, -0.2) is 4.98 Å². The van der Waals surface area contributed by atoms with Crippen LogP contribution in [0.2, 0.25) is 5.02 Å². The van der Waals surface area contributed by atoms with E-state index < -0.39 is 0 Å². The minimum absolute atomic E-state index is 0.499. The molecule has 0 radical (unpaired) electrons. The first-order valence-corrected chi connectivity index (χ1v) is 7.06. The van der Waals surface area contributed by atoms with Gasteiger partial charge in [0.2, 0.25) is 5.88 Å². The number of halogens is 1. The van der Waals surface area contributed by atoms with Crippen LogP contribution in [0.15, 0.2) is 24.3 Å². The van der Waals surface area contributed by atoms with Crippen molar-refractivity contribution in [1.29, 1.82) is 0 Å². The van der Waals surface area contributed by atoms with Gasteiger partial charge in [-0.3, -0.25) is 0 Å². The normalized spacial score (nSPS) is 10.4. The SMILES string of the molecule is CCNc1cc(Oc2ccc(C)cc2Cl)nc(CC)n1. The van der Waals surface area contributed by atoms with Crippen LogP contribution >= 0.6 is 11.6 Å². The van der Waals surface area contributed by atoms with Crippen molar-refractivity contribution in [2.75, 3.05) is 11.9 Å². The third-order valence-corrected chi connectivity index (χ3v) is 3.02. The number of nitrogens with zero attached hydrogens (tertiary/aromatic N) is 2. The zero-order valence-corrected chi connectivity index (χ0v) is 12.7. The van der Waals surface area contributed by atoms with E-state index in [1.165, 1.54) is 0 Å². The van der Waals surface area contributed by atoms with E-state index in [0.717, 1.165) is 30.2 Å². The molecule has 1 N–H and O–H groups in total. The fraction of sp³-hybridized carbons (Fsp3) is 0.333. The van der Waals surface area contributed by atoms with E-state index in [4.69, 9.17) is 16.3 Å². The average molecular weight is 292 g/mol. The van der Waals surface area contributed by atoms with E-state index in [1.807, 2.05) is 39.0 Å². The van der Waals surface area contributed by atoms with Crippen LogP contribution in [0.3, 0.4) is 0 Å². The Bertz CT molecular complexity index is 602. The topological polar surface area (TPSA) is 47.0 Å². The fourth-order valence-corrected chi connectivity index (χ4v) is 2.03. The number of hydrogen-bond donors (Lipinski definition) is 1. The molecule has 5 heteroatoms. The van der Waals surface area contributed by atoms with Gasteiger partial charge in [0.05, 0.1) is 5.02 Å². The molecule has 0 saturated carbocycles. The van der Waals surface area contributed by atoms with Crippen molar-refractivity contribution in [3.05, 3.63) is 40.7 Å². The highest BCUT2D eigenvalue weighted by atomic mass is 35.5. The Kier molecular flexibility index (Phi) is 4.79. The Morgan fingerprint density at radius 3 is 2.65 bits per heavy atom. The Balaban J connectivity index is 2.29. The molecule has 0 fully saturated rings. The maximum absolute atomic E-state index is 6.17. The summed E-state index contributed by atoms with van der Waals surface area (Å²) in [6, 6.07) is 7.44. The summed E-state index contributed by atoms with van der Waals surface area (Å²) in [6.07, 6.45) is 0.747. The lowest BCUT2D eigenvalue weighted by Crippen LogP contribution is -2.04. The molecular formula is C15H18ClN3O. The number of nitrogens with one attached hydrogen (secondary N) is 1. The number of benzene rings is 1. The van der Waals surface area contributed by atoms with E-state index in [2.05, 4.69) is 15.3 Å². The van der Waals surface area contributed by atoms with Crippen molar-refractivity contribution in [2.45, 2.75) is 27.2 Å². The van der Waals surface area contributed by atoms with Gasteiger partial charge in [-0.05, 0) is 31.5 Å². The molecule has 1 aromatic heterocycles. The van der Waals surface area contributed by atoms with Crippen molar-refractivity contribution in [2.24, 2.45) is 0 Å². The molecule has 2 rings (SSSR count). The first-order chi connectivity index (χ1) is 9.62. The second-order valence-electron chi connectivity index (χ2n) is 4.43. The maximum Gasteiger partial charge on any atom is 0.224 e. The summed E-state index contributed by atoms with van der Waals surface area (Å²) in [5.74, 6) is 2.60. The molecule has 0 bridgehead atoms. The van der Waals surface area contributed by atoms with Crippen molar-refractivity contribution in [3.8, 4) is 11.6 Å². The molecule has 0 unspecified atom stereocenters. The van der Waals surface area contributed by atoms with Crippen LogP contribution in [0.25, 0.3) is 0 Å². The van der Waals surface area contributed by atoms with Crippen LogP contribution in [0.4, 0.5) is 5.82 Å². The number of aromatic nitrogens is 2. The van der Waals surface area contributed by atoms with Gasteiger partial charge in [0.15, 0.2) is 0 Å². The fourth-order valence-electron chi connectivity index (χ4n) is 1.76. The van der Waals surface area contributed by atoms with Crippen molar-refractivity contribution >= 4 is 17.4 Å². The molecule has 0 aliphatic carbocycles. The van der Waals surface area contributed by atoms with E-state index in [0.29, 0.717) is 16.7 Å². The quantitative estimate of drug-likeness (QED) is 0.896. The van der Waals surface area contributed by atoms with Crippen LogP contribution < -0.4 is 10.1 Å². The van der Waals surface area contributed by atoms with E-state index in [1.54, 1.807) is 6.07 Å². The van der Waals surface area contributed by atoms with Gasteiger partial charge < -0.3 is 10.1 Å². The van der Waals surface area contributed by atoms with E-state index >= 15 is 0 Å². The summed E-state index contributed by atoms with van der Waals surface area (Å²) >= 11 is 6.17. The Morgan fingerprint density at radius 2 is 2.00 bits per heavy atom. The molecule has 0 aliphatic heterocycles. The summed E-state index contributed by atoms with van der Waals surface area (Å²) in [5.41, 5.74) is 1.09. The van der Waals surface area contributed by atoms with E-state index in [-0.39, 0.29) is 0 Å². The second kappa shape index (κ2) is 6.57. The highest BCUT2D eigenvalue weighted by Gasteiger charge is 2.08. The van der Waals surface area contributed by atoms with Gasteiger partial charge in [0.25, 0.3) is 0 Å². The molecule has 1 heterocycles. The van der Waals surface area contributed by atoms with Gasteiger partial charge >= 0.3 is 0 Å². The molecular weight excluding hydrogens is 274 g/mol. The van der Waals surface area contributed by atoms with Crippen molar-refractivity contribution in [3.63, 3.8) is 0 Å². The average Bonchev–Trinajstić information content (AvgIpc) is 2.42. The number of rotatable bonds is 5. The van der Waals surface area contributed by atoms with Crippen LogP contribution in [-0.4, -0.2) is 16.5 Å². The first-order valence-electron chi connectivity index (χ1n) is 6.68. The zero-order valence-electron chi connectivity index (χ0n) is 11.9. The molecule has 4 nitrogen and oxygen atoms in total. The molecule has 0 atom stereocenters. The molecule has 0 spiro atoms. The van der Waals surface area contributed by atoms with Gasteiger partial charge in [0, 0.05) is 19.0 Å². The predicted molar refractivity (Wildman–Crippen MR) is 81.8 cm³/mol. The van der Waals surface area contributed by atoms with Gasteiger partial charge in [-0.1, -0.05) is 24.6 Å². The Hall–Kier alpha value is -1.81. The second-order valence-corrected chi connectivity index (χ2v) is 4.83. The smallest absolute Gasteiger partial charge is 0.224 e. The summed E-state index contributed by atoms with van der Waals surface area (Å²) in [4.78, 5) is 8.75. The van der Waals surface area contributed by atoms with Crippen LogP contribution in [0, 0.1) is 6.92 Å². The standard InChI is InChI=1S/C15H18ClN3O/c1-4-13-18-14(17-5-2)9-15(19-13)20-12-7-6-10(3)8-11(12)16/h6-9H,4-5H2,1-3H3,(H,17,18,19). The maximum atomic E-state index is 6.17. The van der Waals surface area contributed by atoms with Crippen LogP contribution in [0.5, 0.6) is 11.6 Å². The third-order valence-electron chi connectivity index (χ3n) is 2.72. The van der Waals surface area contributed by atoms with E-state index in [9.17, 15) is 0 Å². The lowest BCUT2D eigenvalue weighted by molar-refractivity contribution is 0.459. The van der Waals surface area contributed by atoms with Crippen LogP contribution in [-0.2, 0) is 6.42 Å². The van der Waals surface area contributed by atoms with Gasteiger partial charge in [-0.15, -0.1) is 0 Å². The minimum atomic E-state index is 0.499. The van der Waals surface area contributed by atoms with Crippen molar-refractivity contribution < 1.29 is 4.74 Å². The monoisotopic (exact) mass is 291 g/mol. The van der Waals surface area contributed by atoms with Gasteiger partial charge in [0.1, 0.15) is 17.4 Å². The predicted octanol–water partition coefficient (Wildman–Crippen LogP) is 4.22. The molecule has 20 heavy (non-hydrogen) atoms. The molecule has 106 valence electrons. The number of anilines is 1. The van der Waals surface area contributed by atoms with Crippen LogP contribution in [0.1, 0.15) is 25.2 Å². The summed E-state index contributed by atoms with van der Waals surface area (Å²) in [5, 5.41) is 3.74. The van der Waals surface area contributed by atoms with Gasteiger partial charge in [-0.2, -0.15) is 4.98 Å². The lowest BCUT2D eigenvalue weighted by atomic mass is 10.2. The third kappa shape index (κ3) is 3.61. The Morgan fingerprint density at radius 1 is 1.20 bits per heavy atom. The molecule has 1 aromatic carbocycles. The highest BCUT2D eigenvalue weighted by molar-refractivity contribution is 6.32. The van der Waals surface area contributed by atoms with Crippen molar-refractivity contribution in [1.82, 2.24) is 9.97 Å². The summed E-state index contributed by atoms with van der Waals surface area (Å²) in [7, 11) is 0. The highest BCUT2D eigenvalue weighted by Crippen LogP contribution is 2.29. The zero-order chi connectivity index (χ0) is 14.5. The molecule has 0 aliphatic rings. The largest absolute Gasteiger partial charge is 0.437 e. The number of aryl methyl sites for hydroxylation is 2. The number of ether oxygens (including phenoxy) is 1. The molecule has 0 amide bonds. The summed E-state index contributed by atoms with van der Waals surface area (Å²) < 4.78 is 5.77. The summed E-state index contributed by atoms with van der Waals surface area (Å²) in [6.45, 7) is 6.81. The first kappa shape index (κ1) is 14.6. The lowest BCUT2D eigenvalue weighted by Gasteiger charge is -2.10. The molecule has 0 saturated heterocycles. The molecule has 2 aromatic rings. The minimum Gasteiger partial charge on any atom is -0.437 e. The number of hydrogen-bond acceptors (Lipinski definition) is 4. The Labute approximate surface area is 124 Å².